The van der Waals surface area contributed by atoms with Gasteiger partial charge in [-0.3, -0.25) is 4.90 Å². The van der Waals surface area contributed by atoms with Gasteiger partial charge in [-0.2, -0.15) is 0 Å². The lowest BCUT2D eigenvalue weighted by atomic mass is 9.83. The van der Waals surface area contributed by atoms with Crippen LogP contribution in [0.2, 0.25) is 0 Å². The molecule has 1 fully saturated rings. The number of nitrogens with zero attached hydrogens (tertiary/aromatic N) is 1. The van der Waals surface area contributed by atoms with E-state index >= 15 is 0 Å². The van der Waals surface area contributed by atoms with Crippen molar-refractivity contribution in [2.24, 2.45) is 11.7 Å². The third kappa shape index (κ3) is 3.94. The van der Waals surface area contributed by atoms with Gasteiger partial charge < -0.3 is 10.5 Å². The second-order valence-corrected chi connectivity index (χ2v) is 5.84. The summed E-state index contributed by atoms with van der Waals surface area (Å²) in [5.41, 5.74) is 6.40. The summed E-state index contributed by atoms with van der Waals surface area (Å²) in [6.07, 6.45) is 7.52. The Hall–Kier alpha value is -0.120. The molecule has 1 aliphatic rings. The summed E-state index contributed by atoms with van der Waals surface area (Å²) in [7, 11) is 1.81. The van der Waals surface area contributed by atoms with Crippen LogP contribution < -0.4 is 5.73 Å². The molecular weight excluding hydrogens is 224 g/mol. The minimum absolute atomic E-state index is 0.246. The first-order valence-corrected chi connectivity index (χ1v) is 7.66. The van der Waals surface area contributed by atoms with Crippen molar-refractivity contribution in [2.75, 3.05) is 33.4 Å². The predicted octanol–water partition coefficient (Wildman–Crippen LogP) is 2.64. The molecule has 1 atom stereocenters. The minimum atomic E-state index is 0.246. The van der Waals surface area contributed by atoms with E-state index in [1.54, 1.807) is 0 Å². The van der Waals surface area contributed by atoms with Gasteiger partial charge in [0.1, 0.15) is 0 Å². The lowest BCUT2D eigenvalue weighted by Crippen LogP contribution is -2.57. The van der Waals surface area contributed by atoms with E-state index < -0.39 is 0 Å². The predicted molar refractivity (Wildman–Crippen MR) is 77.8 cm³/mol. The highest BCUT2D eigenvalue weighted by atomic mass is 16.5. The Morgan fingerprint density at radius 2 is 1.94 bits per heavy atom. The smallest absolute Gasteiger partial charge is 0.0502 e. The summed E-state index contributed by atoms with van der Waals surface area (Å²) in [5, 5.41) is 0. The third-order valence-corrected chi connectivity index (χ3v) is 4.40. The molecule has 0 aromatic heterocycles. The number of piperidine rings is 1. The van der Waals surface area contributed by atoms with Crippen LogP contribution in [0.5, 0.6) is 0 Å². The Bertz CT molecular complexity index is 213. The van der Waals surface area contributed by atoms with Crippen molar-refractivity contribution in [3.05, 3.63) is 0 Å². The van der Waals surface area contributed by atoms with Crippen molar-refractivity contribution in [3.63, 3.8) is 0 Å². The SMILES string of the molecule is CCCC(CN)(CCC)N1CCCC(COC)C1. The van der Waals surface area contributed by atoms with E-state index in [9.17, 15) is 0 Å². The summed E-state index contributed by atoms with van der Waals surface area (Å²) >= 11 is 0. The summed E-state index contributed by atoms with van der Waals surface area (Å²) in [4.78, 5) is 2.67. The molecule has 1 heterocycles. The number of hydrogen-bond donors (Lipinski definition) is 1. The average molecular weight is 256 g/mol. The first-order valence-electron chi connectivity index (χ1n) is 7.66. The van der Waals surface area contributed by atoms with E-state index in [0.717, 1.165) is 13.2 Å². The molecule has 0 radical (unpaired) electrons. The largest absolute Gasteiger partial charge is 0.384 e. The van der Waals surface area contributed by atoms with E-state index in [-0.39, 0.29) is 5.54 Å². The average Bonchev–Trinajstić information content (AvgIpc) is 2.39. The molecule has 0 bridgehead atoms. The Morgan fingerprint density at radius 1 is 1.28 bits per heavy atom. The van der Waals surface area contributed by atoms with Crippen LogP contribution >= 0.6 is 0 Å². The lowest BCUT2D eigenvalue weighted by Gasteiger charge is -2.47. The molecule has 108 valence electrons. The van der Waals surface area contributed by atoms with Crippen LogP contribution in [-0.4, -0.2) is 43.8 Å². The quantitative estimate of drug-likeness (QED) is 0.725. The first kappa shape index (κ1) is 15.9. The number of likely N-dealkylation sites (tertiary alicyclic amines) is 1. The Kier molecular flexibility index (Phi) is 7.20. The molecule has 1 rings (SSSR count). The van der Waals surface area contributed by atoms with Gasteiger partial charge in [0.15, 0.2) is 0 Å². The standard InChI is InChI=1S/C15H32N2O/c1-4-8-15(13-16,9-5-2)17-10-6-7-14(11-17)12-18-3/h14H,4-13,16H2,1-3H3. The monoisotopic (exact) mass is 256 g/mol. The molecule has 1 aliphatic heterocycles. The van der Waals surface area contributed by atoms with Crippen LogP contribution in [0.1, 0.15) is 52.4 Å². The van der Waals surface area contributed by atoms with Gasteiger partial charge in [0, 0.05) is 25.7 Å². The normalized spacial score (nSPS) is 22.3. The van der Waals surface area contributed by atoms with Crippen LogP contribution in [0.3, 0.4) is 0 Å². The van der Waals surface area contributed by atoms with Crippen LogP contribution in [0.25, 0.3) is 0 Å². The van der Waals surface area contributed by atoms with Crippen molar-refractivity contribution in [1.29, 1.82) is 0 Å². The molecule has 2 N–H and O–H groups in total. The van der Waals surface area contributed by atoms with Gasteiger partial charge >= 0.3 is 0 Å². The van der Waals surface area contributed by atoms with Crippen molar-refractivity contribution in [1.82, 2.24) is 4.90 Å². The van der Waals surface area contributed by atoms with Crippen LogP contribution in [0.15, 0.2) is 0 Å². The third-order valence-electron chi connectivity index (χ3n) is 4.40. The van der Waals surface area contributed by atoms with E-state index in [1.807, 2.05) is 7.11 Å². The van der Waals surface area contributed by atoms with Crippen molar-refractivity contribution >= 4 is 0 Å². The van der Waals surface area contributed by atoms with Crippen molar-refractivity contribution < 1.29 is 4.74 Å². The maximum absolute atomic E-state index is 6.16. The number of hydrogen-bond acceptors (Lipinski definition) is 3. The maximum atomic E-state index is 6.16. The number of methoxy groups -OCH3 is 1. The van der Waals surface area contributed by atoms with Gasteiger partial charge in [-0.05, 0) is 38.1 Å². The van der Waals surface area contributed by atoms with Crippen molar-refractivity contribution in [2.45, 2.75) is 57.9 Å². The number of rotatable bonds is 8. The zero-order valence-electron chi connectivity index (χ0n) is 12.6. The van der Waals surface area contributed by atoms with Gasteiger partial charge in [0.05, 0.1) is 6.61 Å². The van der Waals surface area contributed by atoms with Crippen LogP contribution in [0.4, 0.5) is 0 Å². The van der Waals surface area contributed by atoms with E-state index in [0.29, 0.717) is 5.92 Å². The molecule has 0 spiro atoms. The highest BCUT2D eigenvalue weighted by molar-refractivity contribution is 4.93. The van der Waals surface area contributed by atoms with E-state index in [2.05, 4.69) is 18.7 Å². The molecule has 1 saturated heterocycles. The molecule has 18 heavy (non-hydrogen) atoms. The lowest BCUT2D eigenvalue weighted by molar-refractivity contribution is 0.0119. The molecule has 1 unspecified atom stereocenters. The second-order valence-electron chi connectivity index (χ2n) is 5.84. The van der Waals surface area contributed by atoms with Crippen LogP contribution in [-0.2, 0) is 4.74 Å². The fraction of sp³-hybridized carbons (Fsp3) is 1.00. The zero-order valence-corrected chi connectivity index (χ0v) is 12.6. The number of ether oxygens (including phenoxy) is 1. The van der Waals surface area contributed by atoms with E-state index in [4.69, 9.17) is 10.5 Å². The maximum Gasteiger partial charge on any atom is 0.0502 e. The Labute approximate surface area is 113 Å². The van der Waals surface area contributed by atoms with Crippen molar-refractivity contribution in [3.8, 4) is 0 Å². The van der Waals surface area contributed by atoms with Gasteiger partial charge in [-0.25, -0.2) is 0 Å². The second kappa shape index (κ2) is 8.13. The minimum Gasteiger partial charge on any atom is -0.384 e. The Morgan fingerprint density at radius 3 is 2.44 bits per heavy atom. The summed E-state index contributed by atoms with van der Waals surface area (Å²) < 4.78 is 5.34. The zero-order chi connectivity index (χ0) is 13.4. The topological polar surface area (TPSA) is 38.5 Å². The van der Waals surface area contributed by atoms with Crippen LogP contribution in [0, 0.1) is 5.92 Å². The summed E-state index contributed by atoms with van der Waals surface area (Å²) in [6.45, 7) is 8.64. The molecule has 0 aliphatic carbocycles. The Balaban J connectivity index is 2.70. The molecule has 0 aromatic rings. The van der Waals surface area contributed by atoms with E-state index in [1.165, 1.54) is 51.6 Å². The van der Waals surface area contributed by atoms with Gasteiger partial charge in [-0.15, -0.1) is 0 Å². The van der Waals surface area contributed by atoms with Gasteiger partial charge in [-0.1, -0.05) is 26.7 Å². The fourth-order valence-corrected chi connectivity index (χ4v) is 3.57. The molecule has 3 nitrogen and oxygen atoms in total. The summed E-state index contributed by atoms with van der Waals surface area (Å²) in [6, 6.07) is 0. The molecule has 0 saturated carbocycles. The highest BCUT2D eigenvalue weighted by Crippen LogP contribution is 2.31. The molecular formula is C15H32N2O. The molecule has 0 aromatic carbocycles. The first-order chi connectivity index (χ1) is 8.72. The highest BCUT2D eigenvalue weighted by Gasteiger charge is 2.36. The summed E-state index contributed by atoms with van der Waals surface area (Å²) in [5.74, 6) is 0.698. The molecule has 0 amide bonds. The fourth-order valence-electron chi connectivity index (χ4n) is 3.57. The molecule has 3 heteroatoms. The van der Waals surface area contributed by atoms with Gasteiger partial charge in [0.2, 0.25) is 0 Å². The number of nitrogens with two attached hydrogens (primary N) is 1. The van der Waals surface area contributed by atoms with Gasteiger partial charge in [0.25, 0.3) is 0 Å².